The summed E-state index contributed by atoms with van der Waals surface area (Å²) in [4.78, 5) is 24.4. The Morgan fingerprint density at radius 3 is 2.68 bits per heavy atom. The number of pyridine rings is 1. The van der Waals surface area contributed by atoms with Gasteiger partial charge in [-0.15, -0.1) is 0 Å². The predicted octanol–water partition coefficient (Wildman–Crippen LogP) is 2.67. The zero-order valence-electron chi connectivity index (χ0n) is 19.3. The summed E-state index contributed by atoms with van der Waals surface area (Å²) in [5.74, 6) is 1.26. The van der Waals surface area contributed by atoms with E-state index in [1.165, 1.54) is 10.9 Å². The highest BCUT2D eigenvalue weighted by Gasteiger charge is 2.30. The molecule has 2 aliphatic heterocycles. The number of carbonyl (C=O) groups is 1. The molecule has 2 aliphatic rings. The summed E-state index contributed by atoms with van der Waals surface area (Å²) >= 11 is 0. The number of likely N-dealkylation sites (tertiary alicyclic amines) is 2. The first-order valence-corrected chi connectivity index (χ1v) is 11.7. The first-order chi connectivity index (χ1) is 15.0. The van der Waals surface area contributed by atoms with Crippen LogP contribution in [0.5, 0.6) is 0 Å². The normalized spacial score (nSPS) is 23.6. The number of hydrogen-bond acceptors (Lipinski definition) is 5. The van der Waals surface area contributed by atoms with Gasteiger partial charge in [0.05, 0.1) is 12.1 Å². The minimum Gasteiger partial charge on any atom is -0.341 e. The number of piperidine rings is 2. The molecule has 2 atom stereocenters. The Hall–Kier alpha value is -2.02. The van der Waals surface area contributed by atoms with Gasteiger partial charge < -0.3 is 15.5 Å². The Bertz CT molecular complexity index is 906. The van der Waals surface area contributed by atoms with Gasteiger partial charge in [0.1, 0.15) is 0 Å². The van der Waals surface area contributed by atoms with E-state index in [4.69, 9.17) is 5.73 Å². The zero-order chi connectivity index (χ0) is 22.0. The van der Waals surface area contributed by atoms with Crippen molar-refractivity contribution in [3.63, 3.8) is 0 Å². The summed E-state index contributed by atoms with van der Waals surface area (Å²) in [6, 6.07) is 9.15. The molecule has 2 fully saturated rings. The second kappa shape index (κ2) is 9.63. The van der Waals surface area contributed by atoms with Gasteiger partial charge in [-0.1, -0.05) is 25.1 Å². The third-order valence-electron chi connectivity index (χ3n) is 7.19. The number of nitrogens with two attached hydrogens (primary N) is 1. The average Bonchev–Trinajstić information content (AvgIpc) is 2.78. The van der Waals surface area contributed by atoms with Crippen molar-refractivity contribution in [2.24, 2.45) is 11.7 Å². The average molecular weight is 424 g/mol. The fourth-order valence-corrected chi connectivity index (χ4v) is 5.51. The molecule has 0 unspecified atom stereocenters. The Morgan fingerprint density at radius 1 is 1.19 bits per heavy atom. The van der Waals surface area contributed by atoms with Gasteiger partial charge in [-0.05, 0) is 62.4 Å². The van der Waals surface area contributed by atoms with E-state index in [1.807, 2.05) is 12.3 Å². The first kappa shape index (κ1) is 22.2. The molecule has 0 saturated carbocycles. The maximum atomic E-state index is 13.0. The highest BCUT2D eigenvalue weighted by molar-refractivity contribution is 5.85. The molecule has 1 aromatic carbocycles. The molecule has 168 valence electrons. The topological polar surface area (TPSA) is 65.7 Å². The van der Waals surface area contributed by atoms with E-state index < -0.39 is 0 Å². The van der Waals surface area contributed by atoms with Gasteiger partial charge in [-0.3, -0.25) is 14.7 Å². The van der Waals surface area contributed by atoms with Crippen LogP contribution in [-0.2, 0) is 11.3 Å². The maximum Gasteiger partial charge on any atom is 0.236 e. The largest absolute Gasteiger partial charge is 0.341 e. The Balaban J connectivity index is 1.46. The minimum absolute atomic E-state index is 0.287. The molecule has 1 amide bonds. The first-order valence-electron chi connectivity index (χ1n) is 11.7. The lowest BCUT2D eigenvalue weighted by molar-refractivity contribution is -0.134. The fraction of sp³-hybridized carbons (Fsp3) is 0.600. The SMILES string of the molecule is C[C@@H]1C[C@H](c2ccc(CN)c3ncccc23)CN(CC(=O)N2CCC(N(C)C)CC2)C1. The van der Waals surface area contributed by atoms with Gasteiger partial charge >= 0.3 is 0 Å². The van der Waals surface area contributed by atoms with E-state index in [0.29, 0.717) is 31.0 Å². The van der Waals surface area contributed by atoms with Crippen LogP contribution in [0.1, 0.15) is 43.2 Å². The van der Waals surface area contributed by atoms with Crippen molar-refractivity contribution in [2.75, 3.05) is 46.8 Å². The number of amides is 1. The van der Waals surface area contributed by atoms with Gasteiger partial charge in [0.25, 0.3) is 0 Å². The molecule has 1 aromatic heterocycles. The zero-order valence-corrected chi connectivity index (χ0v) is 19.3. The molecule has 2 saturated heterocycles. The molecular formula is C25H37N5O. The summed E-state index contributed by atoms with van der Waals surface area (Å²) in [5, 5.41) is 1.21. The monoisotopic (exact) mass is 423 g/mol. The van der Waals surface area contributed by atoms with Crippen molar-refractivity contribution < 1.29 is 4.79 Å². The van der Waals surface area contributed by atoms with E-state index in [-0.39, 0.29) is 5.91 Å². The number of nitrogens with zero attached hydrogens (tertiary/aromatic N) is 4. The molecule has 2 aromatic rings. The molecular weight excluding hydrogens is 386 g/mol. The smallest absolute Gasteiger partial charge is 0.236 e. The summed E-state index contributed by atoms with van der Waals surface area (Å²) in [5.41, 5.74) is 9.40. The van der Waals surface area contributed by atoms with E-state index in [1.54, 1.807) is 0 Å². The molecule has 6 heteroatoms. The van der Waals surface area contributed by atoms with Crippen LogP contribution in [0.2, 0.25) is 0 Å². The van der Waals surface area contributed by atoms with Gasteiger partial charge in [-0.25, -0.2) is 0 Å². The van der Waals surface area contributed by atoms with Crippen LogP contribution in [0.3, 0.4) is 0 Å². The van der Waals surface area contributed by atoms with Crippen LogP contribution in [0.15, 0.2) is 30.5 Å². The number of hydrogen-bond donors (Lipinski definition) is 1. The molecule has 6 nitrogen and oxygen atoms in total. The highest BCUT2D eigenvalue weighted by Crippen LogP contribution is 2.35. The number of rotatable bonds is 5. The lowest BCUT2D eigenvalue weighted by Crippen LogP contribution is -2.49. The minimum atomic E-state index is 0.287. The lowest BCUT2D eigenvalue weighted by Gasteiger charge is -2.39. The second-order valence-electron chi connectivity index (χ2n) is 9.73. The molecule has 0 spiro atoms. The number of benzene rings is 1. The van der Waals surface area contributed by atoms with Crippen LogP contribution >= 0.6 is 0 Å². The summed E-state index contributed by atoms with van der Waals surface area (Å²) in [7, 11) is 4.27. The summed E-state index contributed by atoms with van der Waals surface area (Å²) < 4.78 is 0. The molecule has 2 N–H and O–H groups in total. The van der Waals surface area contributed by atoms with Crippen LogP contribution in [0, 0.1) is 5.92 Å². The van der Waals surface area contributed by atoms with Crippen molar-refractivity contribution in [3.05, 3.63) is 41.6 Å². The van der Waals surface area contributed by atoms with Crippen molar-refractivity contribution in [2.45, 2.75) is 44.7 Å². The van der Waals surface area contributed by atoms with Gasteiger partial charge in [0, 0.05) is 50.3 Å². The van der Waals surface area contributed by atoms with Crippen LogP contribution in [0.25, 0.3) is 10.9 Å². The molecule has 4 rings (SSSR count). The van der Waals surface area contributed by atoms with Crippen LogP contribution in [-0.4, -0.2) is 78.5 Å². The second-order valence-corrected chi connectivity index (χ2v) is 9.73. The number of aromatic nitrogens is 1. The Labute approximate surface area is 186 Å². The van der Waals surface area contributed by atoms with Gasteiger partial charge in [0.15, 0.2) is 0 Å². The molecule has 0 aliphatic carbocycles. The number of fused-ring (bicyclic) bond motifs is 1. The standard InChI is InChI=1S/C25H37N5O/c1-18-13-20(22-7-6-19(14-26)25-23(22)5-4-10-27-25)16-29(15-18)17-24(31)30-11-8-21(9-12-30)28(2)3/h4-7,10,18,20-21H,8-9,11-17,26H2,1-3H3/t18-,20+/m1/s1. The quantitative estimate of drug-likeness (QED) is 0.801. The number of carbonyl (C=O) groups excluding carboxylic acids is 1. The lowest BCUT2D eigenvalue weighted by atomic mass is 9.83. The van der Waals surface area contributed by atoms with Crippen LogP contribution in [0.4, 0.5) is 0 Å². The van der Waals surface area contributed by atoms with Gasteiger partial charge in [0.2, 0.25) is 5.91 Å². The summed E-state index contributed by atoms with van der Waals surface area (Å²) in [6.45, 7) is 7.02. The van der Waals surface area contributed by atoms with Crippen molar-refractivity contribution >= 4 is 16.8 Å². The summed E-state index contributed by atoms with van der Waals surface area (Å²) in [6.07, 6.45) is 5.14. The van der Waals surface area contributed by atoms with Crippen molar-refractivity contribution in [1.82, 2.24) is 19.7 Å². The van der Waals surface area contributed by atoms with E-state index in [2.05, 4.69) is 58.9 Å². The highest BCUT2D eigenvalue weighted by atomic mass is 16.2. The van der Waals surface area contributed by atoms with Crippen molar-refractivity contribution in [1.29, 1.82) is 0 Å². The Kier molecular flexibility index (Phi) is 6.89. The maximum absolute atomic E-state index is 13.0. The predicted molar refractivity (Wildman–Crippen MR) is 126 cm³/mol. The van der Waals surface area contributed by atoms with E-state index >= 15 is 0 Å². The molecule has 31 heavy (non-hydrogen) atoms. The molecule has 3 heterocycles. The van der Waals surface area contributed by atoms with E-state index in [9.17, 15) is 4.79 Å². The van der Waals surface area contributed by atoms with Crippen LogP contribution < -0.4 is 5.73 Å². The van der Waals surface area contributed by atoms with Crippen molar-refractivity contribution in [3.8, 4) is 0 Å². The third kappa shape index (κ3) is 4.92. The Morgan fingerprint density at radius 2 is 1.97 bits per heavy atom. The van der Waals surface area contributed by atoms with Gasteiger partial charge in [-0.2, -0.15) is 0 Å². The van der Waals surface area contributed by atoms with E-state index in [0.717, 1.165) is 56.5 Å². The third-order valence-corrected chi connectivity index (χ3v) is 7.19. The fourth-order valence-electron chi connectivity index (χ4n) is 5.51. The molecule has 0 radical (unpaired) electrons. The molecule has 0 bridgehead atoms.